The van der Waals surface area contributed by atoms with Gasteiger partial charge in [0.25, 0.3) is 0 Å². The molecule has 2 rings (SSSR count). The molecule has 2 fully saturated rings. The Bertz CT molecular complexity index is 322. The van der Waals surface area contributed by atoms with Crippen molar-refractivity contribution >= 4 is 5.97 Å². The molecule has 0 bridgehead atoms. The summed E-state index contributed by atoms with van der Waals surface area (Å²) in [6, 6.07) is 0.446. The number of nitrogens with one attached hydrogen (secondary N) is 1. The maximum Gasteiger partial charge on any atom is 0.323 e. The van der Waals surface area contributed by atoms with Crippen molar-refractivity contribution in [3.63, 3.8) is 0 Å². The molecule has 116 valence electrons. The summed E-state index contributed by atoms with van der Waals surface area (Å²) < 4.78 is 0. The molecule has 1 saturated heterocycles. The first-order chi connectivity index (χ1) is 9.55. The predicted octanol–water partition coefficient (Wildman–Crippen LogP) is 2.48. The molecule has 0 aromatic carbocycles. The topological polar surface area (TPSA) is 52.6 Å². The number of carboxylic acid groups (broad SMARTS) is 1. The van der Waals surface area contributed by atoms with Crippen LogP contribution in [-0.4, -0.2) is 47.2 Å². The molecular weight excluding hydrogens is 252 g/mol. The number of nitrogens with zero attached hydrogens (tertiary/aromatic N) is 1. The van der Waals surface area contributed by atoms with Gasteiger partial charge in [-0.1, -0.05) is 13.8 Å². The molecule has 1 unspecified atom stereocenters. The molecule has 1 heterocycles. The molecule has 4 nitrogen and oxygen atoms in total. The number of carboxylic acids is 1. The van der Waals surface area contributed by atoms with Gasteiger partial charge in [0, 0.05) is 6.04 Å². The Morgan fingerprint density at radius 3 is 2.45 bits per heavy atom. The zero-order valence-corrected chi connectivity index (χ0v) is 13.0. The maximum atomic E-state index is 11.7. The smallest absolute Gasteiger partial charge is 0.323 e. The molecule has 0 aromatic rings. The van der Waals surface area contributed by atoms with E-state index >= 15 is 0 Å². The van der Waals surface area contributed by atoms with Crippen LogP contribution in [0, 0.1) is 5.92 Å². The maximum absolute atomic E-state index is 11.7. The van der Waals surface area contributed by atoms with E-state index in [2.05, 4.69) is 17.1 Å². The molecule has 2 aliphatic rings. The first kappa shape index (κ1) is 15.8. The summed E-state index contributed by atoms with van der Waals surface area (Å²) in [4.78, 5) is 14.2. The van der Waals surface area contributed by atoms with Crippen molar-refractivity contribution in [2.75, 3.05) is 19.6 Å². The first-order valence-electron chi connectivity index (χ1n) is 8.29. The van der Waals surface area contributed by atoms with Gasteiger partial charge in [-0.15, -0.1) is 0 Å². The molecule has 2 N–H and O–H groups in total. The number of hydrogen-bond acceptors (Lipinski definition) is 3. The van der Waals surface area contributed by atoms with Gasteiger partial charge in [-0.25, -0.2) is 0 Å². The van der Waals surface area contributed by atoms with E-state index < -0.39 is 11.5 Å². The summed E-state index contributed by atoms with van der Waals surface area (Å²) in [6.45, 7) is 7.73. The largest absolute Gasteiger partial charge is 0.480 e. The molecule has 1 saturated carbocycles. The minimum absolute atomic E-state index is 0.446. The fourth-order valence-corrected chi connectivity index (χ4v) is 3.18. The molecule has 1 atom stereocenters. The van der Waals surface area contributed by atoms with E-state index in [1.165, 1.54) is 25.9 Å². The molecule has 20 heavy (non-hydrogen) atoms. The highest BCUT2D eigenvalue weighted by Crippen LogP contribution is 2.27. The van der Waals surface area contributed by atoms with E-state index in [1.54, 1.807) is 0 Å². The lowest BCUT2D eigenvalue weighted by Crippen LogP contribution is -2.53. The van der Waals surface area contributed by atoms with Crippen molar-refractivity contribution in [3.05, 3.63) is 0 Å². The van der Waals surface area contributed by atoms with Crippen molar-refractivity contribution in [2.24, 2.45) is 5.92 Å². The number of aliphatic carboxylic acids is 1. The SMILES string of the molecule is CCC(CCCN1CCC(C)CC1)(NC1CC1)C(=O)O. The minimum atomic E-state index is -0.690. The van der Waals surface area contributed by atoms with Crippen LogP contribution in [0.2, 0.25) is 0 Å². The molecule has 1 aliphatic heterocycles. The summed E-state index contributed by atoms with van der Waals surface area (Å²) in [7, 11) is 0. The monoisotopic (exact) mass is 282 g/mol. The number of hydrogen-bond donors (Lipinski definition) is 2. The normalized spacial score (nSPS) is 24.5. The molecule has 1 aliphatic carbocycles. The van der Waals surface area contributed by atoms with Crippen LogP contribution < -0.4 is 5.32 Å². The van der Waals surface area contributed by atoms with Crippen molar-refractivity contribution < 1.29 is 9.90 Å². The third-order valence-electron chi connectivity index (χ3n) is 5.02. The highest BCUT2D eigenvalue weighted by Gasteiger charge is 2.40. The van der Waals surface area contributed by atoms with Crippen LogP contribution in [0.5, 0.6) is 0 Å². The predicted molar refractivity (Wildman–Crippen MR) is 80.9 cm³/mol. The van der Waals surface area contributed by atoms with E-state index in [-0.39, 0.29) is 0 Å². The van der Waals surface area contributed by atoms with Crippen LogP contribution in [0.3, 0.4) is 0 Å². The van der Waals surface area contributed by atoms with Gasteiger partial charge in [0.2, 0.25) is 0 Å². The van der Waals surface area contributed by atoms with Gasteiger partial charge in [0.05, 0.1) is 0 Å². The Balaban J connectivity index is 1.77. The van der Waals surface area contributed by atoms with Crippen molar-refractivity contribution in [3.8, 4) is 0 Å². The van der Waals surface area contributed by atoms with Crippen molar-refractivity contribution in [1.82, 2.24) is 10.2 Å². The minimum Gasteiger partial charge on any atom is -0.480 e. The lowest BCUT2D eigenvalue weighted by Gasteiger charge is -2.33. The lowest BCUT2D eigenvalue weighted by atomic mass is 9.89. The molecule has 0 aromatic heterocycles. The Morgan fingerprint density at radius 2 is 1.95 bits per heavy atom. The Labute approximate surface area is 122 Å². The van der Waals surface area contributed by atoms with Gasteiger partial charge in [-0.2, -0.15) is 0 Å². The van der Waals surface area contributed by atoms with Gasteiger partial charge in [0.15, 0.2) is 0 Å². The van der Waals surface area contributed by atoms with E-state index in [0.29, 0.717) is 12.5 Å². The Hall–Kier alpha value is -0.610. The fourth-order valence-electron chi connectivity index (χ4n) is 3.18. The average Bonchev–Trinajstić information content (AvgIpc) is 3.23. The van der Waals surface area contributed by atoms with Crippen LogP contribution in [0.25, 0.3) is 0 Å². The average molecular weight is 282 g/mol. The summed E-state index contributed by atoms with van der Waals surface area (Å²) in [5.41, 5.74) is -0.690. The van der Waals surface area contributed by atoms with Gasteiger partial charge < -0.3 is 10.0 Å². The second-order valence-corrected chi connectivity index (χ2v) is 6.79. The first-order valence-corrected chi connectivity index (χ1v) is 8.29. The Kier molecular flexibility index (Phi) is 5.44. The number of rotatable bonds is 8. The molecule has 0 spiro atoms. The van der Waals surface area contributed by atoms with Crippen molar-refractivity contribution in [1.29, 1.82) is 0 Å². The second-order valence-electron chi connectivity index (χ2n) is 6.79. The van der Waals surface area contributed by atoms with Crippen molar-refractivity contribution in [2.45, 2.75) is 70.4 Å². The van der Waals surface area contributed by atoms with E-state index in [0.717, 1.165) is 38.1 Å². The third-order valence-corrected chi connectivity index (χ3v) is 5.02. The third kappa shape index (κ3) is 4.19. The van der Waals surface area contributed by atoms with E-state index in [9.17, 15) is 9.90 Å². The molecule has 0 radical (unpaired) electrons. The van der Waals surface area contributed by atoms with E-state index in [4.69, 9.17) is 0 Å². The Morgan fingerprint density at radius 1 is 1.30 bits per heavy atom. The molecule has 4 heteroatoms. The molecule has 0 amide bonds. The summed E-state index contributed by atoms with van der Waals surface area (Å²) in [5.74, 6) is 0.190. The van der Waals surface area contributed by atoms with Gasteiger partial charge in [-0.3, -0.25) is 10.1 Å². The van der Waals surface area contributed by atoms with Gasteiger partial charge >= 0.3 is 5.97 Å². The van der Waals surface area contributed by atoms with Crippen LogP contribution in [0.1, 0.15) is 58.8 Å². The summed E-state index contributed by atoms with van der Waals surface area (Å²) >= 11 is 0. The number of likely N-dealkylation sites (tertiary alicyclic amines) is 1. The van der Waals surface area contributed by atoms with Gasteiger partial charge in [0.1, 0.15) is 5.54 Å². The standard InChI is InChI=1S/C16H30N2O2/c1-3-16(15(19)20,17-14-5-6-14)9-4-10-18-11-7-13(2)8-12-18/h13-14,17H,3-12H2,1-2H3,(H,19,20). The molecular formula is C16H30N2O2. The highest BCUT2D eigenvalue weighted by molar-refractivity contribution is 5.78. The second kappa shape index (κ2) is 6.90. The quantitative estimate of drug-likeness (QED) is 0.718. The van der Waals surface area contributed by atoms with Gasteiger partial charge in [-0.05, 0) is 70.5 Å². The summed E-state index contributed by atoms with van der Waals surface area (Å²) in [6.07, 6.45) is 7.26. The zero-order chi connectivity index (χ0) is 14.6. The van der Waals surface area contributed by atoms with E-state index in [1.807, 2.05) is 6.92 Å². The number of piperidine rings is 1. The van der Waals surface area contributed by atoms with Crippen LogP contribution in [0.15, 0.2) is 0 Å². The lowest BCUT2D eigenvalue weighted by molar-refractivity contribution is -0.145. The van der Waals surface area contributed by atoms with Crippen LogP contribution in [-0.2, 0) is 4.79 Å². The van der Waals surface area contributed by atoms with Crippen LogP contribution >= 0.6 is 0 Å². The summed E-state index contributed by atoms with van der Waals surface area (Å²) in [5, 5.41) is 13.0. The fraction of sp³-hybridized carbons (Fsp3) is 0.938. The number of carbonyl (C=O) groups is 1. The van der Waals surface area contributed by atoms with Crippen LogP contribution in [0.4, 0.5) is 0 Å². The zero-order valence-electron chi connectivity index (χ0n) is 13.0. The highest BCUT2D eigenvalue weighted by atomic mass is 16.4.